The molecule has 1 fully saturated rings. The summed E-state index contributed by atoms with van der Waals surface area (Å²) in [7, 11) is 1.62. The average molecular weight is 298 g/mol. The van der Waals surface area contributed by atoms with E-state index in [1.54, 1.807) is 7.11 Å². The lowest BCUT2D eigenvalue weighted by molar-refractivity contribution is -0.121. The predicted molar refractivity (Wildman–Crippen MR) is 70.6 cm³/mol. The second kappa shape index (κ2) is 5.08. The van der Waals surface area contributed by atoms with Crippen LogP contribution in [0.5, 0.6) is 5.75 Å². The standard InChI is InChI=1S/C13H16BrNO2/c1-17-11-5-3-2-4-10(11)8-12(16)15-13(9-14)6-7-13/h2-5H,6-9H2,1H3,(H,15,16). The molecule has 0 saturated heterocycles. The van der Waals surface area contributed by atoms with Gasteiger partial charge in [-0.15, -0.1) is 0 Å². The lowest BCUT2D eigenvalue weighted by Crippen LogP contribution is -2.39. The molecule has 1 aliphatic carbocycles. The molecule has 0 heterocycles. The maximum absolute atomic E-state index is 11.9. The summed E-state index contributed by atoms with van der Waals surface area (Å²) in [6.07, 6.45) is 2.50. The molecule has 1 aliphatic rings. The highest BCUT2D eigenvalue weighted by Gasteiger charge is 2.42. The first kappa shape index (κ1) is 12.4. The van der Waals surface area contributed by atoms with Gasteiger partial charge in [0.2, 0.25) is 5.91 Å². The number of benzene rings is 1. The fourth-order valence-corrected chi connectivity index (χ4v) is 2.51. The summed E-state index contributed by atoms with van der Waals surface area (Å²) in [5.74, 6) is 0.831. The fraction of sp³-hybridized carbons (Fsp3) is 0.462. The molecule has 17 heavy (non-hydrogen) atoms. The molecule has 1 aromatic carbocycles. The van der Waals surface area contributed by atoms with E-state index in [0.717, 1.165) is 29.5 Å². The van der Waals surface area contributed by atoms with Crippen molar-refractivity contribution >= 4 is 21.8 Å². The van der Waals surface area contributed by atoms with Gasteiger partial charge in [0, 0.05) is 16.4 Å². The highest BCUT2D eigenvalue weighted by atomic mass is 79.9. The SMILES string of the molecule is COc1ccccc1CC(=O)NC1(CBr)CC1. The summed E-state index contributed by atoms with van der Waals surface area (Å²) in [5, 5.41) is 3.91. The highest BCUT2D eigenvalue weighted by molar-refractivity contribution is 9.09. The quantitative estimate of drug-likeness (QED) is 0.847. The summed E-state index contributed by atoms with van der Waals surface area (Å²) in [4.78, 5) is 11.9. The van der Waals surface area contributed by atoms with E-state index in [1.807, 2.05) is 24.3 Å². The summed E-state index contributed by atoms with van der Waals surface area (Å²) in [6.45, 7) is 0. The Hall–Kier alpha value is -1.03. The molecule has 0 bridgehead atoms. The largest absolute Gasteiger partial charge is 0.496 e. The van der Waals surface area contributed by atoms with Crippen LogP contribution in [0.4, 0.5) is 0 Å². The van der Waals surface area contributed by atoms with E-state index in [1.165, 1.54) is 0 Å². The Balaban J connectivity index is 1.98. The second-order valence-corrected chi connectivity index (χ2v) is 5.01. The minimum absolute atomic E-state index is 0.0130. The van der Waals surface area contributed by atoms with Crippen LogP contribution >= 0.6 is 15.9 Å². The van der Waals surface area contributed by atoms with Gasteiger partial charge in [0.1, 0.15) is 5.75 Å². The molecule has 0 spiro atoms. The number of halogens is 1. The van der Waals surface area contributed by atoms with Gasteiger partial charge in [-0.1, -0.05) is 34.1 Å². The van der Waals surface area contributed by atoms with E-state index >= 15 is 0 Å². The van der Waals surface area contributed by atoms with Gasteiger partial charge in [-0.05, 0) is 18.9 Å². The van der Waals surface area contributed by atoms with Crippen LogP contribution < -0.4 is 10.1 Å². The number of carbonyl (C=O) groups excluding carboxylic acids is 1. The van der Waals surface area contributed by atoms with Crippen molar-refractivity contribution in [3.63, 3.8) is 0 Å². The number of ether oxygens (including phenoxy) is 1. The molecule has 0 aliphatic heterocycles. The molecule has 1 N–H and O–H groups in total. The molecule has 2 rings (SSSR count). The number of rotatable bonds is 5. The van der Waals surface area contributed by atoms with Crippen LogP contribution in [0.1, 0.15) is 18.4 Å². The molecule has 0 radical (unpaired) electrons. The van der Waals surface area contributed by atoms with Crippen LogP contribution in [-0.4, -0.2) is 23.9 Å². The van der Waals surface area contributed by atoms with Gasteiger partial charge in [0.25, 0.3) is 0 Å². The smallest absolute Gasteiger partial charge is 0.225 e. The van der Waals surface area contributed by atoms with Crippen molar-refractivity contribution in [2.45, 2.75) is 24.8 Å². The van der Waals surface area contributed by atoms with Gasteiger partial charge < -0.3 is 10.1 Å². The van der Waals surface area contributed by atoms with Gasteiger partial charge in [0.15, 0.2) is 0 Å². The van der Waals surface area contributed by atoms with Gasteiger partial charge in [-0.3, -0.25) is 4.79 Å². The Morgan fingerprint density at radius 3 is 2.76 bits per heavy atom. The van der Waals surface area contributed by atoms with E-state index < -0.39 is 0 Å². The number of methoxy groups -OCH3 is 1. The number of para-hydroxylation sites is 1. The number of alkyl halides is 1. The monoisotopic (exact) mass is 297 g/mol. The summed E-state index contributed by atoms with van der Waals surface area (Å²) >= 11 is 3.44. The third kappa shape index (κ3) is 3.00. The lowest BCUT2D eigenvalue weighted by Gasteiger charge is -2.15. The van der Waals surface area contributed by atoms with E-state index in [0.29, 0.717) is 6.42 Å². The van der Waals surface area contributed by atoms with Crippen LogP contribution in [0.2, 0.25) is 0 Å². The maximum Gasteiger partial charge on any atom is 0.225 e. The number of amides is 1. The second-order valence-electron chi connectivity index (χ2n) is 4.45. The lowest BCUT2D eigenvalue weighted by atomic mass is 10.1. The summed E-state index contributed by atoms with van der Waals surface area (Å²) < 4.78 is 5.23. The van der Waals surface area contributed by atoms with E-state index in [9.17, 15) is 4.79 Å². The van der Waals surface area contributed by atoms with Crippen LogP contribution in [0.3, 0.4) is 0 Å². The minimum atomic E-state index is 0.0130. The average Bonchev–Trinajstić information content (AvgIpc) is 3.10. The number of carbonyl (C=O) groups is 1. The summed E-state index contributed by atoms with van der Waals surface area (Å²) in [6, 6.07) is 7.62. The summed E-state index contributed by atoms with van der Waals surface area (Å²) in [5.41, 5.74) is 0.942. The van der Waals surface area contributed by atoms with Gasteiger partial charge in [-0.2, -0.15) is 0 Å². The molecule has 1 aromatic rings. The van der Waals surface area contributed by atoms with Crippen molar-refractivity contribution in [3.05, 3.63) is 29.8 Å². The zero-order chi connectivity index (χ0) is 12.3. The number of hydrogen-bond donors (Lipinski definition) is 1. The molecule has 1 saturated carbocycles. The molecule has 92 valence electrons. The van der Waals surface area contributed by atoms with Crippen LogP contribution in [0.15, 0.2) is 24.3 Å². The van der Waals surface area contributed by atoms with Crippen LogP contribution in [0, 0.1) is 0 Å². The Bertz CT molecular complexity index is 416. The van der Waals surface area contributed by atoms with Gasteiger partial charge in [0.05, 0.1) is 13.5 Å². The fourth-order valence-electron chi connectivity index (χ4n) is 1.80. The normalized spacial score (nSPS) is 16.4. The van der Waals surface area contributed by atoms with Crippen LogP contribution in [0.25, 0.3) is 0 Å². The third-order valence-electron chi connectivity index (χ3n) is 3.06. The highest BCUT2D eigenvalue weighted by Crippen LogP contribution is 2.37. The van der Waals surface area contributed by atoms with E-state index in [4.69, 9.17) is 4.74 Å². The third-order valence-corrected chi connectivity index (χ3v) is 4.13. The van der Waals surface area contributed by atoms with Crippen LogP contribution in [-0.2, 0) is 11.2 Å². The molecule has 0 unspecified atom stereocenters. The van der Waals surface area contributed by atoms with Crippen molar-refractivity contribution in [2.75, 3.05) is 12.4 Å². The zero-order valence-corrected chi connectivity index (χ0v) is 11.4. The van der Waals surface area contributed by atoms with Crippen molar-refractivity contribution in [1.82, 2.24) is 5.32 Å². The molecular formula is C13H16BrNO2. The molecule has 0 atom stereocenters. The van der Waals surface area contributed by atoms with Crippen molar-refractivity contribution in [3.8, 4) is 5.75 Å². The Labute approximate surface area is 110 Å². The Morgan fingerprint density at radius 1 is 1.47 bits per heavy atom. The van der Waals surface area contributed by atoms with Gasteiger partial charge in [-0.25, -0.2) is 0 Å². The Kier molecular flexibility index (Phi) is 3.72. The predicted octanol–water partition coefficient (Wildman–Crippen LogP) is 2.28. The van der Waals surface area contributed by atoms with Gasteiger partial charge >= 0.3 is 0 Å². The zero-order valence-electron chi connectivity index (χ0n) is 9.83. The molecule has 1 amide bonds. The molecule has 3 nitrogen and oxygen atoms in total. The molecule has 4 heteroatoms. The minimum Gasteiger partial charge on any atom is -0.496 e. The molecule has 0 aromatic heterocycles. The van der Waals surface area contributed by atoms with Crippen molar-refractivity contribution in [2.24, 2.45) is 0 Å². The first-order chi connectivity index (χ1) is 8.19. The molecular weight excluding hydrogens is 282 g/mol. The topological polar surface area (TPSA) is 38.3 Å². The maximum atomic E-state index is 11.9. The van der Waals surface area contributed by atoms with E-state index in [2.05, 4.69) is 21.2 Å². The van der Waals surface area contributed by atoms with Crippen molar-refractivity contribution in [1.29, 1.82) is 0 Å². The number of nitrogens with one attached hydrogen (secondary N) is 1. The van der Waals surface area contributed by atoms with E-state index in [-0.39, 0.29) is 11.4 Å². The van der Waals surface area contributed by atoms with Crippen molar-refractivity contribution < 1.29 is 9.53 Å². The number of hydrogen-bond acceptors (Lipinski definition) is 2. The first-order valence-corrected chi connectivity index (χ1v) is 6.80. The first-order valence-electron chi connectivity index (χ1n) is 5.68. The Morgan fingerprint density at radius 2 is 2.18 bits per heavy atom.